The van der Waals surface area contributed by atoms with E-state index in [1.807, 2.05) is 31.2 Å². The Morgan fingerprint density at radius 3 is 3.00 bits per heavy atom. The van der Waals surface area contributed by atoms with E-state index < -0.39 is 0 Å². The molecule has 0 bridgehead atoms. The summed E-state index contributed by atoms with van der Waals surface area (Å²) in [5, 5.41) is 14.6. The number of ether oxygens (including phenoxy) is 1. The highest BCUT2D eigenvalue weighted by molar-refractivity contribution is 5.79. The van der Waals surface area contributed by atoms with Gasteiger partial charge in [0, 0.05) is 24.7 Å². The number of nitrogens with zero attached hydrogens (tertiary/aromatic N) is 1. The summed E-state index contributed by atoms with van der Waals surface area (Å²) in [5.41, 5.74) is 6.43. The lowest BCUT2D eigenvalue weighted by Gasteiger charge is -2.08. The Morgan fingerprint density at radius 2 is 2.28 bits per heavy atom. The van der Waals surface area contributed by atoms with Crippen molar-refractivity contribution in [2.75, 3.05) is 18.5 Å². The first-order valence-electron chi connectivity index (χ1n) is 6.19. The van der Waals surface area contributed by atoms with E-state index in [1.165, 1.54) is 0 Å². The van der Waals surface area contributed by atoms with Crippen LogP contribution in [0.2, 0.25) is 0 Å². The van der Waals surface area contributed by atoms with Crippen LogP contribution in [-0.2, 0) is 0 Å². The zero-order valence-electron chi connectivity index (χ0n) is 10.7. The quantitative estimate of drug-likeness (QED) is 0.218. The fraction of sp³-hybridized carbons (Fsp3) is 0.462. The summed E-state index contributed by atoms with van der Waals surface area (Å²) in [6.45, 7) is 3.49. The topological polar surface area (TPSA) is 79.9 Å². The number of benzene rings is 1. The molecule has 0 aliphatic rings. The van der Waals surface area contributed by atoms with Crippen molar-refractivity contribution >= 4 is 11.5 Å². The summed E-state index contributed by atoms with van der Waals surface area (Å²) >= 11 is 0. The van der Waals surface area contributed by atoms with Gasteiger partial charge < -0.3 is 21.0 Å². The van der Waals surface area contributed by atoms with Crippen LogP contribution in [0.15, 0.2) is 29.4 Å². The highest BCUT2D eigenvalue weighted by atomic mass is 16.5. The van der Waals surface area contributed by atoms with E-state index in [4.69, 9.17) is 15.7 Å². The number of unbranched alkanes of at least 4 members (excludes halogenated alkanes) is 1. The molecule has 0 saturated carbocycles. The third-order valence-corrected chi connectivity index (χ3v) is 2.46. The summed E-state index contributed by atoms with van der Waals surface area (Å²) in [5.74, 6) is 1.16. The molecule has 0 atom stereocenters. The van der Waals surface area contributed by atoms with Crippen LogP contribution in [0, 0.1) is 0 Å². The largest absolute Gasteiger partial charge is 0.494 e. The molecule has 100 valence electrons. The molecule has 18 heavy (non-hydrogen) atoms. The van der Waals surface area contributed by atoms with Crippen LogP contribution in [-0.4, -0.2) is 24.2 Å². The van der Waals surface area contributed by atoms with Gasteiger partial charge in [0.05, 0.1) is 6.61 Å². The summed E-state index contributed by atoms with van der Waals surface area (Å²) in [4.78, 5) is 0. The SMILES string of the molecule is CCOc1cccc(NCCCCC(N)=NO)c1. The predicted molar refractivity (Wildman–Crippen MR) is 73.4 cm³/mol. The van der Waals surface area contributed by atoms with E-state index in [9.17, 15) is 0 Å². The summed E-state index contributed by atoms with van der Waals surface area (Å²) in [6, 6.07) is 7.88. The average Bonchev–Trinajstić information content (AvgIpc) is 2.39. The van der Waals surface area contributed by atoms with E-state index in [-0.39, 0.29) is 5.84 Å². The number of oxime groups is 1. The molecule has 0 aliphatic heterocycles. The van der Waals surface area contributed by atoms with Gasteiger partial charge in [-0.2, -0.15) is 0 Å². The molecule has 0 saturated heterocycles. The minimum atomic E-state index is 0.286. The van der Waals surface area contributed by atoms with Crippen molar-refractivity contribution in [1.82, 2.24) is 0 Å². The van der Waals surface area contributed by atoms with Crippen molar-refractivity contribution in [3.63, 3.8) is 0 Å². The van der Waals surface area contributed by atoms with Gasteiger partial charge >= 0.3 is 0 Å². The molecule has 0 fully saturated rings. The maximum Gasteiger partial charge on any atom is 0.139 e. The standard InChI is InChI=1S/C13H21N3O2/c1-2-18-12-7-5-6-11(10-12)15-9-4-3-8-13(14)16-17/h5-7,10,15,17H,2-4,8-9H2,1H3,(H2,14,16). The molecule has 4 N–H and O–H groups in total. The number of amidine groups is 1. The highest BCUT2D eigenvalue weighted by Crippen LogP contribution is 2.17. The maximum absolute atomic E-state index is 8.38. The van der Waals surface area contributed by atoms with Crippen LogP contribution < -0.4 is 15.8 Å². The Labute approximate surface area is 108 Å². The molecule has 1 aromatic carbocycles. The number of anilines is 1. The Hall–Kier alpha value is -1.91. The Kier molecular flexibility index (Phi) is 6.46. The van der Waals surface area contributed by atoms with Gasteiger partial charge in [0.2, 0.25) is 0 Å². The van der Waals surface area contributed by atoms with Crippen molar-refractivity contribution in [3.8, 4) is 5.75 Å². The van der Waals surface area contributed by atoms with Gasteiger partial charge in [-0.1, -0.05) is 11.2 Å². The minimum absolute atomic E-state index is 0.286. The minimum Gasteiger partial charge on any atom is -0.494 e. The molecule has 0 heterocycles. The summed E-state index contributed by atoms with van der Waals surface area (Å²) in [7, 11) is 0. The second kappa shape index (κ2) is 8.22. The lowest BCUT2D eigenvalue weighted by Crippen LogP contribution is -2.11. The van der Waals surface area contributed by atoms with Gasteiger partial charge in [-0.3, -0.25) is 0 Å². The fourth-order valence-electron chi connectivity index (χ4n) is 1.58. The van der Waals surface area contributed by atoms with Crippen molar-refractivity contribution in [3.05, 3.63) is 24.3 Å². The molecule has 0 aromatic heterocycles. The first-order chi connectivity index (χ1) is 8.76. The summed E-state index contributed by atoms with van der Waals surface area (Å²) < 4.78 is 5.42. The van der Waals surface area contributed by atoms with Gasteiger partial charge in [0.25, 0.3) is 0 Å². The molecule has 1 rings (SSSR count). The molecule has 1 aromatic rings. The van der Waals surface area contributed by atoms with Gasteiger partial charge in [-0.25, -0.2) is 0 Å². The Bertz CT molecular complexity index is 380. The van der Waals surface area contributed by atoms with Crippen LogP contribution in [0.4, 0.5) is 5.69 Å². The molecule has 5 nitrogen and oxygen atoms in total. The van der Waals surface area contributed by atoms with E-state index in [2.05, 4.69) is 10.5 Å². The van der Waals surface area contributed by atoms with Crippen LogP contribution >= 0.6 is 0 Å². The van der Waals surface area contributed by atoms with Gasteiger partial charge in [-0.15, -0.1) is 0 Å². The second-order valence-corrected chi connectivity index (χ2v) is 3.94. The molecule has 0 radical (unpaired) electrons. The first-order valence-corrected chi connectivity index (χ1v) is 6.19. The average molecular weight is 251 g/mol. The molecule has 0 unspecified atom stereocenters. The van der Waals surface area contributed by atoms with Gasteiger partial charge in [-0.05, 0) is 31.9 Å². The van der Waals surface area contributed by atoms with Crippen LogP contribution in [0.1, 0.15) is 26.2 Å². The third-order valence-electron chi connectivity index (χ3n) is 2.46. The second-order valence-electron chi connectivity index (χ2n) is 3.94. The van der Waals surface area contributed by atoms with Gasteiger partial charge in [0.15, 0.2) is 0 Å². The molecule has 0 spiro atoms. The maximum atomic E-state index is 8.38. The lowest BCUT2D eigenvalue weighted by molar-refractivity contribution is 0.316. The van der Waals surface area contributed by atoms with E-state index in [1.54, 1.807) is 0 Å². The lowest BCUT2D eigenvalue weighted by atomic mass is 10.2. The Balaban J connectivity index is 2.24. The van der Waals surface area contributed by atoms with Crippen LogP contribution in [0.25, 0.3) is 0 Å². The number of nitrogens with two attached hydrogens (primary N) is 1. The molecular weight excluding hydrogens is 230 g/mol. The van der Waals surface area contributed by atoms with E-state index >= 15 is 0 Å². The van der Waals surface area contributed by atoms with Crippen molar-refractivity contribution in [2.24, 2.45) is 10.9 Å². The van der Waals surface area contributed by atoms with Gasteiger partial charge in [0.1, 0.15) is 11.6 Å². The highest BCUT2D eigenvalue weighted by Gasteiger charge is 1.97. The molecular formula is C13H21N3O2. The zero-order valence-corrected chi connectivity index (χ0v) is 10.7. The molecule has 0 aliphatic carbocycles. The number of hydrogen-bond acceptors (Lipinski definition) is 4. The monoisotopic (exact) mass is 251 g/mol. The van der Waals surface area contributed by atoms with Crippen molar-refractivity contribution in [1.29, 1.82) is 0 Å². The molecule has 5 heteroatoms. The predicted octanol–water partition coefficient (Wildman–Crippen LogP) is 2.41. The number of rotatable bonds is 8. The van der Waals surface area contributed by atoms with Crippen molar-refractivity contribution in [2.45, 2.75) is 26.2 Å². The third kappa shape index (κ3) is 5.43. The van der Waals surface area contributed by atoms with E-state index in [0.29, 0.717) is 13.0 Å². The number of hydrogen-bond donors (Lipinski definition) is 3. The first kappa shape index (κ1) is 14.2. The van der Waals surface area contributed by atoms with E-state index in [0.717, 1.165) is 30.8 Å². The van der Waals surface area contributed by atoms with Crippen molar-refractivity contribution < 1.29 is 9.94 Å². The van der Waals surface area contributed by atoms with Crippen LogP contribution in [0.5, 0.6) is 5.75 Å². The number of nitrogens with one attached hydrogen (secondary N) is 1. The zero-order chi connectivity index (χ0) is 13.2. The smallest absolute Gasteiger partial charge is 0.139 e. The van der Waals surface area contributed by atoms with Crippen LogP contribution in [0.3, 0.4) is 0 Å². The normalized spacial score (nSPS) is 11.3. The fourth-order valence-corrected chi connectivity index (χ4v) is 1.58. The summed E-state index contributed by atoms with van der Waals surface area (Å²) in [6.07, 6.45) is 2.49. The Morgan fingerprint density at radius 1 is 1.44 bits per heavy atom. The molecule has 0 amide bonds.